The number of amides is 5. The number of phenols is 1. The predicted octanol–water partition coefficient (Wildman–Crippen LogP) is -1.90. The Kier molecular flexibility index (Phi) is 8.16. The minimum Gasteiger partial charge on any atom is -0.507 e. The maximum atomic E-state index is 11.5. The van der Waals surface area contributed by atoms with Crippen LogP contribution in [0.5, 0.6) is 5.75 Å². The van der Waals surface area contributed by atoms with E-state index in [1.54, 1.807) is 0 Å². The molecule has 0 saturated carbocycles. The van der Waals surface area contributed by atoms with E-state index >= 15 is 0 Å². The lowest BCUT2D eigenvalue weighted by atomic mass is 10.1. The Bertz CT molecular complexity index is 986. The number of urea groups is 1. The molecular weight excluding hydrogens is 452 g/mol. The molecule has 5 amide bonds. The highest BCUT2D eigenvalue weighted by molar-refractivity contribution is 7.80. The van der Waals surface area contributed by atoms with E-state index in [1.807, 2.05) is 0 Å². The summed E-state index contributed by atoms with van der Waals surface area (Å²) in [6, 6.07) is 3.20. The summed E-state index contributed by atoms with van der Waals surface area (Å²) in [5, 5.41) is 12.3. The van der Waals surface area contributed by atoms with Crippen LogP contribution < -0.4 is 21.9 Å². The van der Waals surface area contributed by atoms with Crippen LogP contribution in [0.4, 0.5) is 10.5 Å². The van der Waals surface area contributed by atoms with Crippen molar-refractivity contribution in [3.8, 4) is 5.75 Å². The van der Waals surface area contributed by atoms with Gasteiger partial charge in [0.05, 0.1) is 18.2 Å². The highest BCUT2D eigenvalue weighted by Crippen LogP contribution is 2.26. The first-order valence-corrected chi connectivity index (χ1v) is 10.5. The molecule has 1 unspecified atom stereocenters. The third-order valence-electron chi connectivity index (χ3n) is 4.29. The lowest BCUT2D eigenvalue weighted by Gasteiger charge is -2.20. The molecule has 176 valence electrons. The van der Waals surface area contributed by atoms with Gasteiger partial charge in [-0.1, -0.05) is 0 Å². The van der Waals surface area contributed by atoms with Crippen molar-refractivity contribution < 1.29 is 41.5 Å². The minimum absolute atomic E-state index is 0.0344. The predicted molar refractivity (Wildman–Crippen MR) is 107 cm³/mol. The van der Waals surface area contributed by atoms with E-state index in [9.17, 15) is 32.7 Å². The molecule has 15 nitrogen and oxygen atoms in total. The summed E-state index contributed by atoms with van der Waals surface area (Å²) in [5.74, 6) is -1.61. The zero-order valence-electron chi connectivity index (χ0n) is 16.6. The summed E-state index contributed by atoms with van der Waals surface area (Å²) in [7, 11) is -4.60. The number of phenolic OH excluding ortho intramolecular Hbond substituents is 1. The molecule has 0 aliphatic carbocycles. The van der Waals surface area contributed by atoms with Gasteiger partial charge in [-0.05, 0) is 25.0 Å². The molecule has 2 aliphatic heterocycles. The van der Waals surface area contributed by atoms with Crippen LogP contribution in [-0.4, -0.2) is 78.0 Å². The van der Waals surface area contributed by atoms with Gasteiger partial charge >= 0.3 is 16.4 Å². The fraction of sp³-hybridized carbons (Fsp3) is 0.375. The average molecular weight is 474 g/mol. The molecule has 32 heavy (non-hydrogen) atoms. The molecule has 2 aliphatic rings. The van der Waals surface area contributed by atoms with Gasteiger partial charge < -0.3 is 21.1 Å². The highest BCUT2D eigenvalue weighted by atomic mass is 32.3. The van der Waals surface area contributed by atoms with E-state index in [-0.39, 0.29) is 23.9 Å². The van der Waals surface area contributed by atoms with Crippen LogP contribution >= 0.6 is 0 Å². The molecule has 0 spiro atoms. The Hall–Kier alpha value is -3.63. The van der Waals surface area contributed by atoms with Gasteiger partial charge in [0.15, 0.2) is 0 Å². The lowest BCUT2D eigenvalue weighted by molar-refractivity contribution is -0.122. The molecule has 1 aromatic carbocycles. The van der Waals surface area contributed by atoms with Crippen molar-refractivity contribution in [1.82, 2.24) is 26.1 Å². The summed E-state index contributed by atoms with van der Waals surface area (Å²) >= 11 is 0. The Morgan fingerprint density at radius 3 is 2.62 bits per heavy atom. The fourth-order valence-corrected chi connectivity index (χ4v) is 3.31. The highest BCUT2D eigenvalue weighted by Gasteiger charge is 2.42. The molecule has 2 saturated heterocycles. The molecule has 1 aromatic rings. The molecule has 16 heteroatoms. The van der Waals surface area contributed by atoms with Crippen molar-refractivity contribution in [3.05, 3.63) is 23.8 Å². The number of aromatic hydroxyl groups is 1. The van der Waals surface area contributed by atoms with Gasteiger partial charge in [0, 0.05) is 24.8 Å². The Balaban J connectivity index is 0.000000233. The average Bonchev–Trinajstić information content (AvgIpc) is 2.92. The first-order valence-electron chi connectivity index (χ1n) is 9.11. The number of benzene rings is 1. The molecule has 0 radical (unpaired) electrons. The van der Waals surface area contributed by atoms with Crippen molar-refractivity contribution in [1.29, 1.82) is 0 Å². The van der Waals surface area contributed by atoms with Crippen molar-refractivity contribution in [2.45, 2.75) is 18.9 Å². The normalized spacial score (nSPS) is 17.2. The monoisotopic (exact) mass is 474 g/mol. The van der Waals surface area contributed by atoms with Crippen LogP contribution in [0.15, 0.2) is 18.2 Å². The molecule has 2 fully saturated rings. The summed E-state index contributed by atoms with van der Waals surface area (Å²) in [4.78, 5) is 45.4. The van der Waals surface area contributed by atoms with Gasteiger partial charge in [0.25, 0.3) is 11.8 Å². The number of hydrazine groups is 1. The molecule has 0 aromatic heterocycles. The number of anilines is 1. The van der Waals surface area contributed by atoms with Crippen LogP contribution in [0, 0.1) is 0 Å². The Morgan fingerprint density at radius 2 is 2.03 bits per heavy atom. The number of carbonyl (C=O) groups excluding carboxylic acids is 4. The zero-order valence-corrected chi connectivity index (χ0v) is 17.4. The van der Waals surface area contributed by atoms with Crippen LogP contribution in [0.25, 0.3) is 0 Å². The van der Waals surface area contributed by atoms with E-state index in [0.717, 1.165) is 11.5 Å². The van der Waals surface area contributed by atoms with Gasteiger partial charge in [-0.15, -0.1) is 4.28 Å². The molecule has 2 bridgehead atoms. The standard InChI is InChI=1S/C10H12N4O4.C6H10N2O5S/c11-6-1-2-7(8(16)3-6)10(18)14-13-9(17)4-12-5-15;9-6-7-3-1-2-5(4-7)8(6)13-14(10,11)12/h1-3,5,16H,4,11H2,(H,12,15)(H,13,17)(H,14,18);5H,1-4H2,(H,10,11,12). The van der Waals surface area contributed by atoms with Crippen molar-refractivity contribution in [3.63, 3.8) is 0 Å². The summed E-state index contributed by atoms with van der Waals surface area (Å²) in [6.45, 7) is 0.812. The van der Waals surface area contributed by atoms with E-state index < -0.39 is 28.2 Å². The molecule has 3 rings (SSSR count). The van der Waals surface area contributed by atoms with Crippen LogP contribution in [0.1, 0.15) is 23.2 Å². The number of hydrogen-bond acceptors (Lipinski definition) is 9. The summed E-state index contributed by atoms with van der Waals surface area (Å²) < 4.78 is 33.5. The fourth-order valence-electron chi connectivity index (χ4n) is 2.92. The number of nitrogens with one attached hydrogen (secondary N) is 3. The third kappa shape index (κ3) is 6.96. The van der Waals surface area contributed by atoms with Crippen LogP contribution in [-0.2, 0) is 24.3 Å². The topological polar surface area (TPSA) is 221 Å². The second kappa shape index (κ2) is 10.6. The smallest absolute Gasteiger partial charge is 0.418 e. The first kappa shape index (κ1) is 24.6. The number of nitrogens with two attached hydrogens (primary N) is 1. The van der Waals surface area contributed by atoms with Gasteiger partial charge in [-0.2, -0.15) is 13.5 Å². The number of carbonyl (C=O) groups is 4. The molecule has 2 heterocycles. The number of piperidine rings is 1. The lowest BCUT2D eigenvalue weighted by Crippen LogP contribution is -2.45. The zero-order chi connectivity index (χ0) is 23.9. The second-order valence-electron chi connectivity index (χ2n) is 6.63. The molecular formula is C16H22N6O9S. The molecule has 7 N–H and O–H groups in total. The number of hydrogen-bond donors (Lipinski definition) is 6. The number of nitrogens with zero attached hydrogens (tertiary/aromatic N) is 2. The van der Waals surface area contributed by atoms with E-state index in [4.69, 9.17) is 10.3 Å². The second-order valence-corrected chi connectivity index (χ2v) is 7.63. The van der Waals surface area contributed by atoms with E-state index in [2.05, 4.69) is 20.5 Å². The van der Waals surface area contributed by atoms with Crippen LogP contribution in [0.3, 0.4) is 0 Å². The Labute approximate surface area is 182 Å². The molecule has 1 atom stereocenters. The maximum absolute atomic E-state index is 11.5. The number of hydroxylamine groups is 2. The van der Waals surface area contributed by atoms with E-state index in [0.29, 0.717) is 31.6 Å². The summed E-state index contributed by atoms with van der Waals surface area (Å²) in [6.07, 6.45) is 1.87. The largest absolute Gasteiger partial charge is 0.507 e. The van der Waals surface area contributed by atoms with Gasteiger partial charge in [-0.3, -0.25) is 29.8 Å². The van der Waals surface area contributed by atoms with Crippen molar-refractivity contribution in [2.24, 2.45) is 0 Å². The van der Waals surface area contributed by atoms with Gasteiger partial charge in [0.2, 0.25) is 6.41 Å². The van der Waals surface area contributed by atoms with Crippen LogP contribution in [0.2, 0.25) is 0 Å². The Morgan fingerprint density at radius 1 is 1.31 bits per heavy atom. The van der Waals surface area contributed by atoms with E-state index in [1.165, 1.54) is 23.1 Å². The van der Waals surface area contributed by atoms with Gasteiger partial charge in [-0.25, -0.2) is 4.79 Å². The maximum Gasteiger partial charge on any atom is 0.418 e. The number of nitrogen functional groups attached to an aromatic ring is 1. The first-order chi connectivity index (χ1) is 15.0. The number of fused-ring (bicyclic) bond motifs is 2. The van der Waals surface area contributed by atoms with Gasteiger partial charge in [0.1, 0.15) is 5.75 Å². The summed E-state index contributed by atoms with van der Waals surface area (Å²) in [5.41, 5.74) is 9.80. The number of rotatable bonds is 6. The minimum atomic E-state index is -4.60. The van der Waals surface area contributed by atoms with Crippen molar-refractivity contribution in [2.75, 3.05) is 25.4 Å². The third-order valence-corrected chi connectivity index (χ3v) is 4.64. The SMILES string of the molecule is Nc1ccc(C(=O)NNC(=O)CNC=O)c(O)c1.O=C1N2CCCC(C2)N1OS(=O)(=O)O. The van der Waals surface area contributed by atoms with Crippen molar-refractivity contribution >= 4 is 40.3 Å². The quantitative estimate of drug-likeness (QED) is 0.116.